The minimum absolute atomic E-state index is 0.128. The van der Waals surface area contributed by atoms with E-state index in [1.807, 2.05) is 6.92 Å². The number of aromatic nitrogens is 2. The first-order chi connectivity index (χ1) is 9.55. The van der Waals surface area contributed by atoms with Gasteiger partial charge in [0.25, 0.3) is 10.0 Å². The lowest BCUT2D eigenvalue weighted by molar-refractivity contribution is 0.260. The topological polar surface area (TPSA) is 92.1 Å². The van der Waals surface area contributed by atoms with E-state index in [0.717, 1.165) is 31.4 Å². The summed E-state index contributed by atoms with van der Waals surface area (Å²) in [7, 11) is -3.52. The smallest absolute Gasteiger partial charge is 0.262 e. The van der Waals surface area contributed by atoms with Gasteiger partial charge in [-0.05, 0) is 32.1 Å². The van der Waals surface area contributed by atoms with E-state index >= 15 is 0 Å². The number of H-pyrrole nitrogens is 1. The minimum Gasteiger partial charge on any atom is -0.326 e. The van der Waals surface area contributed by atoms with Gasteiger partial charge in [0.1, 0.15) is 0 Å². The molecule has 20 heavy (non-hydrogen) atoms. The van der Waals surface area contributed by atoms with E-state index in [4.69, 9.17) is 5.73 Å². The zero-order valence-electron chi connectivity index (χ0n) is 11.8. The number of nitrogens with two attached hydrogens (primary N) is 1. The molecule has 0 spiro atoms. The van der Waals surface area contributed by atoms with E-state index in [1.165, 1.54) is 6.42 Å². The molecule has 2 unspecified atom stereocenters. The molecule has 1 aliphatic heterocycles. The highest BCUT2D eigenvalue weighted by molar-refractivity contribution is 7.89. The van der Waals surface area contributed by atoms with E-state index in [2.05, 4.69) is 10.2 Å². The zero-order valence-corrected chi connectivity index (χ0v) is 12.6. The van der Waals surface area contributed by atoms with Crippen LogP contribution in [0.15, 0.2) is 5.03 Å². The number of rotatable bonds is 3. The van der Waals surface area contributed by atoms with Gasteiger partial charge in [0, 0.05) is 30.4 Å². The van der Waals surface area contributed by atoms with Crippen molar-refractivity contribution in [2.45, 2.75) is 56.6 Å². The van der Waals surface area contributed by atoms with Crippen LogP contribution < -0.4 is 5.73 Å². The average molecular weight is 298 g/mol. The second kappa shape index (κ2) is 5.13. The second-order valence-electron chi connectivity index (χ2n) is 5.85. The largest absolute Gasteiger partial charge is 0.326 e. The van der Waals surface area contributed by atoms with Crippen LogP contribution in [0.4, 0.5) is 0 Å². The van der Waals surface area contributed by atoms with E-state index in [-0.39, 0.29) is 17.6 Å². The summed E-state index contributed by atoms with van der Waals surface area (Å²) in [5, 5.41) is 6.89. The predicted octanol–water partition coefficient (Wildman–Crippen LogP) is 1.13. The highest BCUT2D eigenvalue weighted by atomic mass is 32.2. The normalized spacial score (nSPS) is 27.7. The first-order valence-corrected chi connectivity index (χ1v) is 8.75. The summed E-state index contributed by atoms with van der Waals surface area (Å²) in [6, 6.07) is 0.163. The Labute approximate surface area is 119 Å². The summed E-state index contributed by atoms with van der Waals surface area (Å²) < 4.78 is 27.4. The van der Waals surface area contributed by atoms with Crippen LogP contribution in [-0.2, 0) is 16.6 Å². The molecule has 1 saturated heterocycles. The lowest BCUT2D eigenvalue weighted by Gasteiger charge is -2.30. The third-order valence-corrected chi connectivity index (χ3v) is 6.65. The van der Waals surface area contributed by atoms with Crippen LogP contribution in [-0.4, -0.2) is 35.5 Å². The van der Waals surface area contributed by atoms with Gasteiger partial charge in [0.2, 0.25) is 0 Å². The highest BCUT2D eigenvalue weighted by Crippen LogP contribution is 2.39. The van der Waals surface area contributed by atoms with Crippen LogP contribution in [0, 0.1) is 12.8 Å². The monoisotopic (exact) mass is 298 g/mol. The molecule has 0 amide bonds. The van der Waals surface area contributed by atoms with Gasteiger partial charge >= 0.3 is 0 Å². The number of nitrogens with zero attached hydrogens (tertiary/aromatic N) is 2. The van der Waals surface area contributed by atoms with Crippen LogP contribution in [0.3, 0.4) is 0 Å². The van der Waals surface area contributed by atoms with Crippen molar-refractivity contribution in [3.8, 4) is 0 Å². The molecule has 7 heteroatoms. The molecule has 0 bridgehead atoms. The fraction of sp³-hybridized carbons (Fsp3) is 0.769. The van der Waals surface area contributed by atoms with Crippen LogP contribution in [0.1, 0.15) is 43.4 Å². The molecule has 0 aromatic carbocycles. The summed E-state index contributed by atoms with van der Waals surface area (Å²) in [4.78, 5) is 0. The van der Waals surface area contributed by atoms with Gasteiger partial charge in [-0.1, -0.05) is 12.8 Å². The molecule has 3 rings (SSSR count). The Hall–Kier alpha value is -0.920. The summed E-state index contributed by atoms with van der Waals surface area (Å²) in [6.07, 6.45) is 5.46. The lowest BCUT2D eigenvalue weighted by atomic mass is 9.86. The van der Waals surface area contributed by atoms with Crippen molar-refractivity contribution in [2.75, 3.05) is 6.54 Å². The van der Waals surface area contributed by atoms with Crippen molar-refractivity contribution in [3.63, 3.8) is 0 Å². The van der Waals surface area contributed by atoms with Crippen LogP contribution in [0.25, 0.3) is 0 Å². The maximum Gasteiger partial charge on any atom is 0.262 e. The van der Waals surface area contributed by atoms with Gasteiger partial charge in [-0.3, -0.25) is 5.10 Å². The molecule has 2 heterocycles. The van der Waals surface area contributed by atoms with Crippen molar-refractivity contribution in [1.82, 2.24) is 14.5 Å². The number of nitrogens with one attached hydrogen (secondary N) is 1. The Morgan fingerprint density at radius 1 is 1.35 bits per heavy atom. The van der Waals surface area contributed by atoms with E-state index < -0.39 is 10.0 Å². The number of aryl methyl sites for hydroxylation is 1. The summed E-state index contributed by atoms with van der Waals surface area (Å²) in [5.41, 5.74) is 7.04. The van der Waals surface area contributed by atoms with Crippen molar-refractivity contribution in [2.24, 2.45) is 11.7 Å². The number of aromatic amines is 1. The van der Waals surface area contributed by atoms with E-state index in [1.54, 1.807) is 4.31 Å². The Kier molecular flexibility index (Phi) is 3.60. The molecule has 6 nitrogen and oxygen atoms in total. The van der Waals surface area contributed by atoms with Crippen molar-refractivity contribution in [1.29, 1.82) is 0 Å². The Morgan fingerprint density at radius 3 is 2.85 bits per heavy atom. The first kappa shape index (κ1) is 14.0. The molecule has 112 valence electrons. The van der Waals surface area contributed by atoms with Gasteiger partial charge in [0.15, 0.2) is 5.03 Å². The zero-order chi connectivity index (χ0) is 14.3. The Morgan fingerprint density at radius 2 is 2.10 bits per heavy atom. The van der Waals surface area contributed by atoms with Crippen molar-refractivity contribution < 1.29 is 8.42 Å². The first-order valence-electron chi connectivity index (χ1n) is 7.31. The SMILES string of the molecule is Cc1[nH]nc(S(=O)(=O)N2CCC3CCCCC32)c1CN. The van der Waals surface area contributed by atoms with Crippen LogP contribution >= 0.6 is 0 Å². The molecule has 2 aliphatic rings. The second-order valence-corrected chi connectivity index (χ2v) is 7.66. The van der Waals surface area contributed by atoms with Gasteiger partial charge in [-0.15, -0.1) is 0 Å². The standard InChI is InChI=1S/C13H22N4O2S/c1-9-11(8-14)13(16-15-9)20(18,19)17-7-6-10-4-2-3-5-12(10)17/h10,12H,2-8,14H2,1H3,(H,15,16). The quantitative estimate of drug-likeness (QED) is 0.875. The minimum atomic E-state index is -3.52. The van der Waals surface area contributed by atoms with Gasteiger partial charge in [0.05, 0.1) is 0 Å². The number of sulfonamides is 1. The lowest BCUT2D eigenvalue weighted by Crippen LogP contribution is -2.39. The average Bonchev–Trinajstić information content (AvgIpc) is 3.02. The molecular formula is C13H22N4O2S. The highest BCUT2D eigenvalue weighted by Gasteiger charge is 2.43. The summed E-state index contributed by atoms with van der Waals surface area (Å²) >= 11 is 0. The fourth-order valence-corrected chi connectivity index (χ4v) is 5.57. The van der Waals surface area contributed by atoms with Crippen LogP contribution in [0.2, 0.25) is 0 Å². The molecule has 1 aliphatic carbocycles. The Bertz CT molecular complexity index is 596. The number of fused-ring (bicyclic) bond motifs is 1. The molecular weight excluding hydrogens is 276 g/mol. The maximum absolute atomic E-state index is 12.9. The summed E-state index contributed by atoms with van der Waals surface area (Å²) in [5.74, 6) is 0.528. The predicted molar refractivity (Wildman–Crippen MR) is 75.5 cm³/mol. The summed E-state index contributed by atoms with van der Waals surface area (Å²) in [6.45, 7) is 2.62. The van der Waals surface area contributed by atoms with Crippen molar-refractivity contribution in [3.05, 3.63) is 11.3 Å². The van der Waals surface area contributed by atoms with Gasteiger partial charge in [-0.2, -0.15) is 9.40 Å². The molecule has 1 saturated carbocycles. The molecule has 3 N–H and O–H groups in total. The van der Waals surface area contributed by atoms with E-state index in [9.17, 15) is 8.42 Å². The Balaban J connectivity index is 1.95. The van der Waals surface area contributed by atoms with Crippen molar-refractivity contribution >= 4 is 10.0 Å². The molecule has 0 radical (unpaired) electrons. The maximum atomic E-state index is 12.9. The number of hydrogen-bond donors (Lipinski definition) is 2. The third-order valence-electron chi connectivity index (χ3n) is 4.75. The van der Waals surface area contributed by atoms with Gasteiger partial charge < -0.3 is 5.73 Å². The third kappa shape index (κ3) is 2.08. The molecule has 1 aromatic rings. The number of hydrogen-bond acceptors (Lipinski definition) is 4. The fourth-order valence-electron chi connectivity index (χ4n) is 3.66. The van der Waals surface area contributed by atoms with Crippen LogP contribution in [0.5, 0.6) is 0 Å². The molecule has 2 atom stereocenters. The van der Waals surface area contributed by atoms with Gasteiger partial charge in [-0.25, -0.2) is 8.42 Å². The molecule has 2 fully saturated rings. The molecule has 1 aromatic heterocycles. The van der Waals surface area contributed by atoms with E-state index in [0.29, 0.717) is 18.0 Å².